The highest BCUT2D eigenvalue weighted by molar-refractivity contribution is 5.98. The second kappa shape index (κ2) is 6.01. The molecular weight excluding hydrogens is 310 g/mol. The lowest BCUT2D eigenvalue weighted by Crippen LogP contribution is -2.19. The molecule has 23 heavy (non-hydrogen) atoms. The number of nitro benzene ring substituents is 2. The average Bonchev–Trinajstić information content (AvgIpc) is 2.89. The predicted octanol–water partition coefficient (Wildman–Crippen LogP) is 0.659. The Hall–Kier alpha value is -3.63. The fourth-order valence-electron chi connectivity index (χ4n) is 2.03. The Labute approximate surface area is 127 Å². The van der Waals surface area contributed by atoms with E-state index in [2.05, 4.69) is 4.98 Å². The van der Waals surface area contributed by atoms with E-state index in [-0.39, 0.29) is 23.5 Å². The van der Waals surface area contributed by atoms with Gasteiger partial charge in [0.25, 0.3) is 17.3 Å². The van der Waals surface area contributed by atoms with Crippen molar-refractivity contribution >= 4 is 23.6 Å². The molecule has 0 saturated carbocycles. The van der Waals surface area contributed by atoms with Crippen LogP contribution in [0.15, 0.2) is 24.5 Å². The standard InChI is InChI=1S/C12H9N5O6/c13-12(19)11-10(5-18)14-6-15(11)4-7-1-8(16(20)21)3-9(2-7)17(22)23/h1-3,5-6H,4H2,(H2,13,19). The van der Waals surface area contributed by atoms with Crippen LogP contribution in [0.3, 0.4) is 0 Å². The molecule has 0 unspecified atom stereocenters. The highest BCUT2D eigenvalue weighted by Crippen LogP contribution is 2.23. The van der Waals surface area contributed by atoms with Crippen LogP contribution in [-0.2, 0) is 6.54 Å². The number of benzene rings is 1. The van der Waals surface area contributed by atoms with E-state index in [1.165, 1.54) is 4.57 Å². The number of primary amides is 1. The van der Waals surface area contributed by atoms with Crippen molar-refractivity contribution in [1.29, 1.82) is 0 Å². The first kappa shape index (κ1) is 15.8. The maximum absolute atomic E-state index is 11.4. The molecule has 0 fully saturated rings. The van der Waals surface area contributed by atoms with Gasteiger partial charge in [-0.2, -0.15) is 0 Å². The van der Waals surface area contributed by atoms with E-state index in [1.807, 2.05) is 0 Å². The minimum atomic E-state index is -0.912. The fraction of sp³-hybridized carbons (Fsp3) is 0.0833. The maximum Gasteiger partial charge on any atom is 0.276 e. The molecule has 0 aliphatic rings. The zero-order chi connectivity index (χ0) is 17.1. The number of carbonyl (C=O) groups excluding carboxylic acids is 2. The summed E-state index contributed by atoms with van der Waals surface area (Å²) in [5.41, 5.74) is 4.05. The number of amides is 1. The van der Waals surface area contributed by atoms with E-state index >= 15 is 0 Å². The normalized spacial score (nSPS) is 10.3. The molecule has 11 heteroatoms. The van der Waals surface area contributed by atoms with Gasteiger partial charge in [0.2, 0.25) is 0 Å². The lowest BCUT2D eigenvalue weighted by Gasteiger charge is -2.06. The number of aromatic nitrogens is 2. The minimum Gasteiger partial charge on any atom is -0.364 e. The number of non-ortho nitro benzene ring substituents is 2. The van der Waals surface area contributed by atoms with Gasteiger partial charge in [-0.25, -0.2) is 4.98 Å². The van der Waals surface area contributed by atoms with Gasteiger partial charge < -0.3 is 10.3 Å². The Morgan fingerprint density at radius 1 is 1.22 bits per heavy atom. The third-order valence-electron chi connectivity index (χ3n) is 2.95. The number of hydrogen-bond donors (Lipinski definition) is 1. The Bertz CT molecular complexity index is 795. The summed E-state index contributed by atoms with van der Waals surface area (Å²) >= 11 is 0. The Morgan fingerprint density at radius 2 is 1.78 bits per heavy atom. The summed E-state index contributed by atoms with van der Waals surface area (Å²) in [6.45, 7) is -0.151. The molecule has 0 aliphatic carbocycles. The Morgan fingerprint density at radius 3 is 2.22 bits per heavy atom. The maximum atomic E-state index is 11.4. The molecule has 1 aromatic carbocycles. The van der Waals surface area contributed by atoms with Gasteiger partial charge >= 0.3 is 0 Å². The molecule has 2 rings (SSSR count). The highest BCUT2D eigenvalue weighted by Gasteiger charge is 2.19. The van der Waals surface area contributed by atoms with Crippen LogP contribution in [0.2, 0.25) is 0 Å². The van der Waals surface area contributed by atoms with Gasteiger partial charge in [0, 0.05) is 18.7 Å². The lowest BCUT2D eigenvalue weighted by atomic mass is 10.1. The van der Waals surface area contributed by atoms with Crippen LogP contribution in [0.5, 0.6) is 0 Å². The van der Waals surface area contributed by atoms with E-state index < -0.39 is 27.1 Å². The molecule has 1 aromatic heterocycles. The van der Waals surface area contributed by atoms with Crippen molar-refractivity contribution in [3.05, 3.63) is 61.7 Å². The number of nitrogens with zero attached hydrogens (tertiary/aromatic N) is 4. The van der Waals surface area contributed by atoms with E-state index in [0.717, 1.165) is 24.5 Å². The first-order chi connectivity index (χ1) is 10.8. The minimum absolute atomic E-state index is 0.151. The molecule has 2 N–H and O–H groups in total. The summed E-state index contributed by atoms with van der Waals surface area (Å²) in [5.74, 6) is -0.912. The third kappa shape index (κ3) is 3.18. The topological polar surface area (TPSA) is 164 Å². The quantitative estimate of drug-likeness (QED) is 0.464. The number of aldehydes is 1. The van der Waals surface area contributed by atoms with Crippen molar-refractivity contribution in [2.24, 2.45) is 5.73 Å². The summed E-state index contributed by atoms with van der Waals surface area (Å²) in [4.78, 5) is 46.1. The first-order valence-electron chi connectivity index (χ1n) is 6.06. The average molecular weight is 319 g/mol. The molecule has 0 radical (unpaired) electrons. The first-order valence-corrected chi connectivity index (χ1v) is 6.06. The largest absolute Gasteiger partial charge is 0.364 e. The molecule has 0 saturated heterocycles. The Kier molecular flexibility index (Phi) is 4.12. The van der Waals surface area contributed by atoms with Gasteiger partial charge in [0.05, 0.1) is 22.2 Å². The molecular formula is C12H9N5O6. The number of imidazole rings is 1. The van der Waals surface area contributed by atoms with E-state index in [0.29, 0.717) is 6.29 Å². The molecule has 0 aliphatic heterocycles. The van der Waals surface area contributed by atoms with Crippen molar-refractivity contribution in [3.8, 4) is 0 Å². The number of rotatable bonds is 6. The number of hydrogen-bond acceptors (Lipinski definition) is 7. The van der Waals surface area contributed by atoms with Crippen molar-refractivity contribution in [1.82, 2.24) is 9.55 Å². The van der Waals surface area contributed by atoms with Crippen LogP contribution >= 0.6 is 0 Å². The second-order valence-corrected chi connectivity index (χ2v) is 4.46. The van der Waals surface area contributed by atoms with Gasteiger partial charge in [-0.3, -0.25) is 29.8 Å². The smallest absolute Gasteiger partial charge is 0.276 e. The fourth-order valence-corrected chi connectivity index (χ4v) is 2.03. The van der Waals surface area contributed by atoms with Crippen LogP contribution in [0.4, 0.5) is 11.4 Å². The second-order valence-electron chi connectivity index (χ2n) is 4.46. The van der Waals surface area contributed by atoms with E-state index in [9.17, 15) is 29.8 Å². The summed E-state index contributed by atoms with van der Waals surface area (Å²) in [5, 5.41) is 21.7. The van der Waals surface area contributed by atoms with E-state index in [4.69, 9.17) is 5.73 Å². The van der Waals surface area contributed by atoms with Gasteiger partial charge in [-0.15, -0.1) is 0 Å². The van der Waals surface area contributed by atoms with Crippen LogP contribution in [0.25, 0.3) is 0 Å². The molecule has 118 valence electrons. The van der Waals surface area contributed by atoms with Gasteiger partial charge in [0.15, 0.2) is 6.29 Å². The van der Waals surface area contributed by atoms with E-state index in [1.54, 1.807) is 0 Å². The number of nitro groups is 2. The van der Waals surface area contributed by atoms with Gasteiger partial charge in [-0.05, 0) is 5.56 Å². The monoisotopic (exact) mass is 319 g/mol. The molecule has 0 spiro atoms. The molecule has 0 bridgehead atoms. The summed E-state index contributed by atoms with van der Waals surface area (Å²) in [6.07, 6.45) is 1.49. The van der Waals surface area contributed by atoms with Crippen molar-refractivity contribution < 1.29 is 19.4 Å². The number of carbonyl (C=O) groups is 2. The lowest BCUT2D eigenvalue weighted by molar-refractivity contribution is -0.394. The van der Waals surface area contributed by atoms with Crippen LogP contribution in [0.1, 0.15) is 26.5 Å². The van der Waals surface area contributed by atoms with Crippen molar-refractivity contribution in [3.63, 3.8) is 0 Å². The Balaban J connectivity index is 2.50. The van der Waals surface area contributed by atoms with Crippen LogP contribution in [0, 0.1) is 20.2 Å². The summed E-state index contributed by atoms with van der Waals surface area (Å²) in [6, 6.07) is 3.07. The van der Waals surface area contributed by atoms with Gasteiger partial charge in [-0.1, -0.05) is 0 Å². The molecule has 1 heterocycles. The molecule has 1 amide bonds. The number of nitrogens with two attached hydrogens (primary N) is 1. The molecule has 11 nitrogen and oxygen atoms in total. The van der Waals surface area contributed by atoms with Crippen LogP contribution in [-0.4, -0.2) is 31.6 Å². The highest BCUT2D eigenvalue weighted by atomic mass is 16.6. The SMILES string of the molecule is NC(=O)c1c(C=O)ncn1Cc1cc([N+](=O)[O-])cc([N+](=O)[O-])c1. The van der Waals surface area contributed by atoms with Crippen LogP contribution < -0.4 is 5.73 Å². The summed E-state index contributed by atoms with van der Waals surface area (Å²) < 4.78 is 1.19. The molecule has 0 atom stereocenters. The van der Waals surface area contributed by atoms with Crippen molar-refractivity contribution in [2.75, 3.05) is 0 Å². The zero-order valence-electron chi connectivity index (χ0n) is 11.4. The third-order valence-corrected chi connectivity index (χ3v) is 2.95. The van der Waals surface area contributed by atoms with Gasteiger partial charge in [0.1, 0.15) is 11.4 Å². The molecule has 2 aromatic rings. The predicted molar refractivity (Wildman–Crippen MR) is 75.0 cm³/mol. The van der Waals surface area contributed by atoms with Crippen molar-refractivity contribution in [2.45, 2.75) is 6.54 Å². The summed E-state index contributed by atoms with van der Waals surface area (Å²) in [7, 11) is 0. The zero-order valence-corrected chi connectivity index (χ0v) is 11.4.